The van der Waals surface area contributed by atoms with Crippen LogP contribution in [-0.2, 0) is 9.53 Å². The van der Waals surface area contributed by atoms with Gasteiger partial charge in [-0.15, -0.1) is 0 Å². The maximum absolute atomic E-state index is 10.7. The van der Waals surface area contributed by atoms with E-state index >= 15 is 0 Å². The van der Waals surface area contributed by atoms with E-state index in [2.05, 4.69) is 19.2 Å². The number of hydrogen-bond acceptors (Lipinski definition) is 3. The van der Waals surface area contributed by atoms with Crippen LogP contribution in [0.3, 0.4) is 0 Å². The van der Waals surface area contributed by atoms with Crippen molar-refractivity contribution in [2.45, 2.75) is 39.3 Å². The summed E-state index contributed by atoms with van der Waals surface area (Å²) < 4.78 is 5.18. The number of esters is 1. The van der Waals surface area contributed by atoms with Crippen LogP contribution in [0, 0.1) is 5.92 Å². The van der Waals surface area contributed by atoms with Crippen molar-refractivity contribution in [3.63, 3.8) is 0 Å². The van der Waals surface area contributed by atoms with Gasteiger partial charge in [-0.25, -0.2) is 0 Å². The van der Waals surface area contributed by atoms with Gasteiger partial charge < -0.3 is 10.1 Å². The maximum Gasteiger partial charge on any atom is 0.302 e. The summed E-state index contributed by atoms with van der Waals surface area (Å²) in [6.07, 6.45) is 1.03. The van der Waals surface area contributed by atoms with Gasteiger partial charge in [0.2, 0.25) is 0 Å². The molecule has 0 spiro atoms. The fourth-order valence-electron chi connectivity index (χ4n) is 1.71. The van der Waals surface area contributed by atoms with E-state index in [0.717, 1.165) is 13.0 Å². The third-order valence-corrected chi connectivity index (χ3v) is 2.25. The monoisotopic (exact) mass is 171 g/mol. The van der Waals surface area contributed by atoms with E-state index in [4.69, 9.17) is 4.74 Å². The third kappa shape index (κ3) is 2.21. The van der Waals surface area contributed by atoms with Crippen LogP contribution in [0.15, 0.2) is 0 Å². The van der Waals surface area contributed by atoms with Crippen molar-refractivity contribution in [1.82, 2.24) is 5.32 Å². The third-order valence-electron chi connectivity index (χ3n) is 2.25. The molecule has 2 atom stereocenters. The first kappa shape index (κ1) is 9.52. The molecule has 3 nitrogen and oxygen atoms in total. The molecule has 0 aromatic heterocycles. The van der Waals surface area contributed by atoms with E-state index in [0.29, 0.717) is 12.0 Å². The molecule has 0 aromatic rings. The summed E-state index contributed by atoms with van der Waals surface area (Å²) in [5.41, 5.74) is 0. The molecule has 1 fully saturated rings. The topological polar surface area (TPSA) is 38.3 Å². The van der Waals surface area contributed by atoms with Gasteiger partial charge in [-0.1, -0.05) is 13.8 Å². The van der Waals surface area contributed by atoms with Crippen molar-refractivity contribution in [2.75, 3.05) is 6.54 Å². The number of rotatable bonds is 2. The van der Waals surface area contributed by atoms with Crippen LogP contribution in [0.5, 0.6) is 0 Å². The molecule has 1 saturated heterocycles. The van der Waals surface area contributed by atoms with E-state index < -0.39 is 0 Å². The Bertz CT molecular complexity index is 168. The highest BCUT2D eigenvalue weighted by molar-refractivity contribution is 5.66. The molecular formula is C9H17NO2. The van der Waals surface area contributed by atoms with Crippen LogP contribution in [0.4, 0.5) is 0 Å². The standard InChI is InChI=1S/C9H17NO2/c1-6(2)9-8(4-5-10-9)12-7(3)11/h6,8-10H,4-5H2,1-3H3/t8-,9-/m0/s1. The van der Waals surface area contributed by atoms with E-state index in [1.54, 1.807) is 0 Å². The lowest BCUT2D eigenvalue weighted by molar-refractivity contribution is -0.147. The van der Waals surface area contributed by atoms with Crippen LogP contribution < -0.4 is 5.32 Å². The number of nitrogens with one attached hydrogen (secondary N) is 1. The number of hydrogen-bond donors (Lipinski definition) is 1. The molecule has 0 aliphatic carbocycles. The largest absolute Gasteiger partial charge is 0.461 e. The maximum atomic E-state index is 10.7. The van der Waals surface area contributed by atoms with Gasteiger partial charge in [0.25, 0.3) is 0 Å². The quantitative estimate of drug-likeness (QED) is 0.628. The minimum Gasteiger partial charge on any atom is -0.461 e. The van der Waals surface area contributed by atoms with Crippen LogP contribution in [0.25, 0.3) is 0 Å². The Hall–Kier alpha value is -0.570. The second-order valence-electron chi connectivity index (χ2n) is 3.66. The molecule has 0 saturated carbocycles. The summed E-state index contributed by atoms with van der Waals surface area (Å²) in [6.45, 7) is 6.70. The van der Waals surface area contributed by atoms with Crippen molar-refractivity contribution in [2.24, 2.45) is 5.92 Å². The zero-order valence-electron chi connectivity index (χ0n) is 7.96. The summed E-state index contributed by atoms with van der Waals surface area (Å²) in [4.78, 5) is 10.7. The van der Waals surface area contributed by atoms with E-state index in [-0.39, 0.29) is 12.1 Å². The Morgan fingerprint density at radius 3 is 2.75 bits per heavy atom. The highest BCUT2D eigenvalue weighted by atomic mass is 16.5. The second-order valence-corrected chi connectivity index (χ2v) is 3.66. The Morgan fingerprint density at radius 1 is 1.58 bits per heavy atom. The van der Waals surface area contributed by atoms with Crippen LogP contribution in [0.2, 0.25) is 0 Å². The first-order valence-corrected chi connectivity index (χ1v) is 4.52. The highest BCUT2D eigenvalue weighted by Crippen LogP contribution is 2.18. The lowest BCUT2D eigenvalue weighted by atomic mass is 10.0. The van der Waals surface area contributed by atoms with Crippen molar-refractivity contribution < 1.29 is 9.53 Å². The summed E-state index contributed by atoms with van der Waals surface area (Å²) in [6, 6.07) is 0.342. The van der Waals surface area contributed by atoms with E-state index in [1.807, 2.05) is 0 Å². The smallest absolute Gasteiger partial charge is 0.302 e. The van der Waals surface area contributed by atoms with Gasteiger partial charge in [-0.2, -0.15) is 0 Å². The predicted molar refractivity (Wildman–Crippen MR) is 46.8 cm³/mol. The fraction of sp³-hybridized carbons (Fsp3) is 0.889. The second kappa shape index (κ2) is 3.90. The first-order valence-electron chi connectivity index (χ1n) is 4.52. The SMILES string of the molecule is CC(=O)O[C@H]1CCN[C@H]1C(C)C. The van der Waals surface area contributed by atoms with Gasteiger partial charge >= 0.3 is 5.97 Å². The Labute approximate surface area is 73.5 Å². The molecular weight excluding hydrogens is 154 g/mol. The lowest BCUT2D eigenvalue weighted by Crippen LogP contribution is -2.37. The normalized spacial score (nSPS) is 29.3. The molecule has 0 amide bonds. The van der Waals surface area contributed by atoms with Gasteiger partial charge in [0, 0.05) is 13.0 Å². The molecule has 1 rings (SSSR count). The highest BCUT2D eigenvalue weighted by Gasteiger charge is 2.31. The Kier molecular flexibility index (Phi) is 3.09. The van der Waals surface area contributed by atoms with Crippen molar-refractivity contribution in [3.05, 3.63) is 0 Å². The molecule has 12 heavy (non-hydrogen) atoms. The molecule has 1 N–H and O–H groups in total. The summed E-state index contributed by atoms with van der Waals surface area (Å²) in [5.74, 6) is 0.353. The zero-order valence-corrected chi connectivity index (χ0v) is 7.96. The van der Waals surface area contributed by atoms with Crippen LogP contribution in [0.1, 0.15) is 27.2 Å². The van der Waals surface area contributed by atoms with E-state index in [9.17, 15) is 4.79 Å². The van der Waals surface area contributed by atoms with Gasteiger partial charge in [0.1, 0.15) is 6.10 Å². The number of carbonyl (C=O) groups excluding carboxylic acids is 1. The molecule has 0 aromatic carbocycles. The average Bonchev–Trinajstić information content (AvgIpc) is 2.33. The fourth-order valence-corrected chi connectivity index (χ4v) is 1.71. The summed E-state index contributed by atoms with van der Waals surface area (Å²) in [7, 11) is 0. The van der Waals surface area contributed by atoms with Crippen molar-refractivity contribution >= 4 is 5.97 Å². The van der Waals surface area contributed by atoms with Crippen LogP contribution in [-0.4, -0.2) is 24.7 Å². The molecule has 70 valence electrons. The minimum atomic E-state index is -0.172. The van der Waals surface area contributed by atoms with E-state index in [1.165, 1.54) is 6.92 Å². The predicted octanol–water partition coefficient (Wildman–Crippen LogP) is 0.936. The minimum absolute atomic E-state index is 0.0856. The average molecular weight is 171 g/mol. The summed E-state index contributed by atoms with van der Waals surface area (Å²) >= 11 is 0. The van der Waals surface area contributed by atoms with Gasteiger partial charge in [-0.05, 0) is 18.9 Å². The zero-order chi connectivity index (χ0) is 9.14. The number of carbonyl (C=O) groups is 1. The first-order chi connectivity index (χ1) is 5.61. The Morgan fingerprint density at radius 2 is 2.25 bits per heavy atom. The molecule has 0 radical (unpaired) electrons. The molecule has 1 aliphatic heterocycles. The Balaban J connectivity index is 2.46. The van der Waals surface area contributed by atoms with Gasteiger partial charge in [-0.3, -0.25) is 4.79 Å². The lowest BCUT2D eigenvalue weighted by Gasteiger charge is -2.22. The van der Waals surface area contributed by atoms with Gasteiger partial charge in [0.15, 0.2) is 0 Å². The number of ether oxygens (including phenoxy) is 1. The molecule has 3 heteroatoms. The van der Waals surface area contributed by atoms with Crippen molar-refractivity contribution in [3.8, 4) is 0 Å². The van der Waals surface area contributed by atoms with Crippen LogP contribution >= 0.6 is 0 Å². The molecule has 1 heterocycles. The van der Waals surface area contributed by atoms with Gasteiger partial charge in [0.05, 0.1) is 0 Å². The molecule has 0 bridgehead atoms. The molecule has 0 unspecified atom stereocenters. The molecule has 1 aliphatic rings. The summed E-state index contributed by atoms with van der Waals surface area (Å²) in [5, 5.41) is 3.33. The van der Waals surface area contributed by atoms with Crippen molar-refractivity contribution in [1.29, 1.82) is 0 Å².